The molecule has 0 radical (unpaired) electrons. The fraction of sp³-hybridized carbons (Fsp3) is 0.222. The summed E-state index contributed by atoms with van der Waals surface area (Å²) in [6.45, 7) is 1.36. The van der Waals surface area contributed by atoms with Gasteiger partial charge in [-0.3, -0.25) is 4.79 Å². The molecule has 0 heterocycles. The minimum absolute atomic E-state index is 0. The molecule has 2 nitrogen and oxygen atoms in total. The molecule has 0 aliphatic heterocycles. The highest BCUT2D eigenvalue weighted by Crippen LogP contribution is 1.79. The zero-order valence-corrected chi connectivity index (χ0v) is 9.52. The van der Waals surface area contributed by atoms with Crippen LogP contribution in [-0.2, 0) is 9.53 Å². The van der Waals surface area contributed by atoms with Crippen LogP contribution in [-0.4, -0.2) is 13.1 Å². The van der Waals surface area contributed by atoms with Crippen LogP contribution in [0.15, 0.2) is 36.4 Å². The Bertz CT molecular complexity index is 160. The highest BCUT2D eigenvalue weighted by atomic mass is 127. The van der Waals surface area contributed by atoms with Crippen molar-refractivity contribution in [3.05, 3.63) is 36.4 Å². The largest absolute Gasteiger partial charge is 0.469 e. The van der Waals surface area contributed by atoms with E-state index in [9.17, 15) is 4.79 Å². The molecule has 0 aliphatic carbocycles. The van der Waals surface area contributed by atoms with Crippen molar-refractivity contribution in [2.24, 2.45) is 0 Å². The summed E-state index contributed by atoms with van der Waals surface area (Å²) in [6.07, 6.45) is 0. The van der Waals surface area contributed by atoms with Gasteiger partial charge in [0.15, 0.2) is 0 Å². The fourth-order valence-corrected chi connectivity index (χ4v) is 0.385. The maximum atomic E-state index is 9.59. The van der Waals surface area contributed by atoms with Crippen LogP contribution >= 0.6 is 24.0 Å². The van der Waals surface area contributed by atoms with Crippen LogP contribution in [0.2, 0.25) is 0 Å². The van der Waals surface area contributed by atoms with Gasteiger partial charge >= 0.3 is 5.97 Å². The molecule has 0 amide bonds. The summed E-state index contributed by atoms with van der Waals surface area (Å²) in [6, 6.07) is 12.0. The molecule has 0 N–H and O–H groups in total. The van der Waals surface area contributed by atoms with E-state index >= 15 is 0 Å². The van der Waals surface area contributed by atoms with Crippen LogP contribution < -0.4 is 0 Å². The van der Waals surface area contributed by atoms with Gasteiger partial charge in [0.05, 0.1) is 7.11 Å². The Labute approximate surface area is 90.0 Å². The fourth-order valence-electron chi connectivity index (χ4n) is 0.385. The van der Waals surface area contributed by atoms with Gasteiger partial charge in [0.2, 0.25) is 0 Å². The third-order valence-electron chi connectivity index (χ3n) is 0.954. The van der Waals surface area contributed by atoms with Gasteiger partial charge in [-0.25, -0.2) is 0 Å². The van der Waals surface area contributed by atoms with Gasteiger partial charge in [-0.05, 0) is 0 Å². The summed E-state index contributed by atoms with van der Waals surface area (Å²) in [4.78, 5) is 9.59. The minimum Gasteiger partial charge on any atom is -0.469 e. The Hall–Kier alpha value is -0.580. The van der Waals surface area contributed by atoms with Gasteiger partial charge < -0.3 is 4.74 Å². The van der Waals surface area contributed by atoms with E-state index in [1.54, 1.807) is 0 Å². The van der Waals surface area contributed by atoms with Crippen LogP contribution in [0, 0.1) is 0 Å². The second kappa shape index (κ2) is 10.4. The van der Waals surface area contributed by atoms with E-state index in [1.165, 1.54) is 14.0 Å². The first-order valence-corrected chi connectivity index (χ1v) is 3.32. The number of rotatable bonds is 0. The Balaban J connectivity index is 0. The van der Waals surface area contributed by atoms with Crippen molar-refractivity contribution in [3.63, 3.8) is 0 Å². The summed E-state index contributed by atoms with van der Waals surface area (Å²) >= 11 is 0. The maximum Gasteiger partial charge on any atom is 0.302 e. The lowest BCUT2D eigenvalue weighted by atomic mass is 10.4. The highest BCUT2D eigenvalue weighted by molar-refractivity contribution is 14.0. The lowest BCUT2D eigenvalue weighted by molar-refractivity contribution is -0.137. The molecule has 0 fully saturated rings. The number of ether oxygens (including phenoxy) is 1. The number of esters is 1. The molecule has 0 bridgehead atoms. The molecule has 3 heteroatoms. The molecule has 0 aliphatic rings. The minimum atomic E-state index is -0.245. The monoisotopic (exact) mass is 280 g/mol. The third kappa shape index (κ3) is 12.1. The van der Waals surface area contributed by atoms with Gasteiger partial charge in [0, 0.05) is 6.92 Å². The summed E-state index contributed by atoms with van der Waals surface area (Å²) in [5.41, 5.74) is 0. The maximum absolute atomic E-state index is 9.59. The lowest BCUT2D eigenvalue weighted by Crippen LogP contribution is -1.88. The number of methoxy groups -OCH3 is 1. The number of carbonyl (C=O) groups is 1. The van der Waals surface area contributed by atoms with Crippen LogP contribution in [0.5, 0.6) is 0 Å². The van der Waals surface area contributed by atoms with Gasteiger partial charge in [-0.2, -0.15) is 0 Å². The number of hydrogen-bond acceptors (Lipinski definition) is 2. The molecule has 0 aromatic heterocycles. The molecule has 1 rings (SSSR count). The Kier molecular flexibility index (Phi) is 12.1. The van der Waals surface area contributed by atoms with E-state index in [1.807, 2.05) is 36.4 Å². The average molecular weight is 280 g/mol. The zero-order valence-electron chi connectivity index (χ0n) is 7.19. The van der Waals surface area contributed by atoms with E-state index in [0.29, 0.717) is 0 Å². The van der Waals surface area contributed by atoms with E-state index < -0.39 is 0 Å². The van der Waals surface area contributed by atoms with E-state index in [0.717, 1.165) is 0 Å². The molecular weight excluding hydrogens is 267 g/mol. The number of hydrogen-bond donors (Lipinski definition) is 0. The van der Waals surface area contributed by atoms with Gasteiger partial charge in [0.25, 0.3) is 0 Å². The lowest BCUT2D eigenvalue weighted by Gasteiger charge is -1.80. The van der Waals surface area contributed by atoms with Crippen LogP contribution in [0.1, 0.15) is 6.92 Å². The molecule has 68 valence electrons. The highest BCUT2D eigenvalue weighted by Gasteiger charge is 1.75. The molecule has 1 aromatic rings. The Morgan fingerprint density at radius 2 is 1.17 bits per heavy atom. The molecule has 1 aromatic carbocycles. The normalized spacial score (nSPS) is 6.83. The standard InChI is InChI=1S/C6H6.C3H6O2.HI/c1-2-4-6-5-3-1;1-3(4)5-2;/h1-6H;1-2H3;1H. The quantitative estimate of drug-likeness (QED) is 0.539. The first kappa shape index (κ1) is 14.0. The van der Waals surface area contributed by atoms with Gasteiger partial charge in [-0.15, -0.1) is 24.0 Å². The van der Waals surface area contributed by atoms with Crippen molar-refractivity contribution < 1.29 is 9.53 Å². The van der Waals surface area contributed by atoms with Crippen molar-refractivity contribution in [3.8, 4) is 0 Å². The van der Waals surface area contributed by atoms with Crippen LogP contribution in [0.3, 0.4) is 0 Å². The SMILES string of the molecule is COC(C)=O.I.c1ccccc1. The average Bonchev–Trinajstić information content (AvgIpc) is 2.09. The molecule has 0 unspecified atom stereocenters. The second-order valence-electron chi connectivity index (χ2n) is 1.85. The number of halogens is 1. The van der Waals surface area contributed by atoms with E-state index in [-0.39, 0.29) is 29.9 Å². The number of carbonyl (C=O) groups excluding carboxylic acids is 1. The van der Waals surface area contributed by atoms with Crippen LogP contribution in [0.4, 0.5) is 0 Å². The van der Waals surface area contributed by atoms with E-state index in [4.69, 9.17) is 0 Å². The molecule has 0 saturated carbocycles. The summed E-state index contributed by atoms with van der Waals surface area (Å²) in [5.74, 6) is -0.245. The topological polar surface area (TPSA) is 26.3 Å². The third-order valence-corrected chi connectivity index (χ3v) is 0.954. The molecule has 0 atom stereocenters. The van der Waals surface area contributed by atoms with Crippen LogP contribution in [0.25, 0.3) is 0 Å². The number of benzene rings is 1. The smallest absolute Gasteiger partial charge is 0.302 e. The van der Waals surface area contributed by atoms with Gasteiger partial charge in [0.1, 0.15) is 0 Å². The van der Waals surface area contributed by atoms with Gasteiger partial charge in [-0.1, -0.05) is 36.4 Å². The van der Waals surface area contributed by atoms with Crippen molar-refractivity contribution in [1.82, 2.24) is 0 Å². The van der Waals surface area contributed by atoms with Crippen molar-refractivity contribution in [2.45, 2.75) is 6.92 Å². The molecular formula is C9H13IO2. The zero-order chi connectivity index (χ0) is 8.53. The molecule has 12 heavy (non-hydrogen) atoms. The molecule has 0 saturated heterocycles. The Morgan fingerprint density at radius 3 is 1.25 bits per heavy atom. The summed E-state index contributed by atoms with van der Waals surface area (Å²) in [5, 5.41) is 0. The van der Waals surface area contributed by atoms with E-state index in [2.05, 4.69) is 4.74 Å². The predicted octanol–water partition coefficient (Wildman–Crippen LogP) is 2.48. The Morgan fingerprint density at radius 1 is 1.00 bits per heavy atom. The first-order chi connectivity index (χ1) is 5.27. The first-order valence-electron chi connectivity index (χ1n) is 3.32. The summed E-state index contributed by atoms with van der Waals surface area (Å²) in [7, 11) is 1.35. The predicted molar refractivity (Wildman–Crippen MR) is 59.5 cm³/mol. The molecule has 0 spiro atoms. The van der Waals surface area contributed by atoms with Crippen molar-refractivity contribution in [2.75, 3.05) is 7.11 Å². The summed E-state index contributed by atoms with van der Waals surface area (Å²) < 4.78 is 4.11. The van der Waals surface area contributed by atoms with Crippen molar-refractivity contribution in [1.29, 1.82) is 0 Å². The second-order valence-corrected chi connectivity index (χ2v) is 1.85. The van der Waals surface area contributed by atoms with Crippen molar-refractivity contribution >= 4 is 29.9 Å².